The van der Waals surface area contributed by atoms with Crippen molar-refractivity contribution in [3.8, 4) is 0 Å². The van der Waals surface area contributed by atoms with Gasteiger partial charge in [0.15, 0.2) is 0 Å². The van der Waals surface area contributed by atoms with E-state index in [0.29, 0.717) is 0 Å². The predicted molar refractivity (Wildman–Crippen MR) is 49.8 cm³/mol. The minimum Gasteiger partial charge on any atom is -0.377 e. The van der Waals surface area contributed by atoms with Crippen LogP contribution in [0.2, 0.25) is 0 Å². The van der Waals surface area contributed by atoms with Crippen LogP contribution >= 0.6 is 0 Å². The second kappa shape index (κ2) is 6.41. The lowest BCUT2D eigenvalue weighted by atomic mass is 10.1. The molecule has 0 N–H and O–H groups in total. The van der Waals surface area contributed by atoms with Gasteiger partial charge in [-0.05, 0) is 25.8 Å². The third-order valence-corrected chi connectivity index (χ3v) is 1.67. The average molecular weight is 156 g/mol. The molecule has 0 aliphatic carbocycles. The van der Waals surface area contributed by atoms with Crippen molar-refractivity contribution in [2.45, 2.75) is 40.5 Å². The normalized spacial score (nSPS) is 17.5. The van der Waals surface area contributed by atoms with E-state index in [1.54, 1.807) is 0 Å². The molecular weight excluding hydrogens is 136 g/mol. The second-order valence-electron chi connectivity index (χ2n) is 3.07. The first-order valence-electron chi connectivity index (χ1n) is 4.45. The highest BCUT2D eigenvalue weighted by atomic mass is 16.5. The summed E-state index contributed by atoms with van der Waals surface area (Å²) in [5.74, 6) is 0. The van der Waals surface area contributed by atoms with Crippen LogP contribution in [0.1, 0.15) is 40.5 Å². The molecule has 1 aliphatic rings. The molecule has 0 unspecified atom stereocenters. The summed E-state index contributed by atoms with van der Waals surface area (Å²) in [5.41, 5.74) is 2.92. The number of ether oxygens (including phenoxy) is 1. The van der Waals surface area contributed by atoms with Crippen LogP contribution in [0.3, 0.4) is 0 Å². The topological polar surface area (TPSA) is 9.23 Å². The molecule has 0 atom stereocenters. The van der Waals surface area contributed by atoms with E-state index < -0.39 is 0 Å². The van der Waals surface area contributed by atoms with Crippen molar-refractivity contribution in [1.82, 2.24) is 0 Å². The van der Waals surface area contributed by atoms with Crippen molar-refractivity contribution < 1.29 is 4.74 Å². The third kappa shape index (κ3) is 5.02. The predicted octanol–water partition coefficient (Wildman–Crippen LogP) is 3.16. The molecule has 0 spiro atoms. The molecule has 11 heavy (non-hydrogen) atoms. The van der Waals surface area contributed by atoms with Gasteiger partial charge in [0, 0.05) is 0 Å². The summed E-state index contributed by atoms with van der Waals surface area (Å²) >= 11 is 0. The van der Waals surface area contributed by atoms with Gasteiger partial charge in [0.05, 0.1) is 13.2 Å². The fourth-order valence-corrected chi connectivity index (χ4v) is 0.787. The van der Waals surface area contributed by atoms with Gasteiger partial charge in [-0.25, -0.2) is 0 Å². The van der Waals surface area contributed by atoms with Crippen molar-refractivity contribution in [3.63, 3.8) is 0 Å². The molecule has 1 nitrogen and oxygen atoms in total. The number of hydrogen-bond acceptors (Lipinski definition) is 1. The minimum absolute atomic E-state index is 0.853. The molecule has 1 heterocycles. The highest BCUT2D eigenvalue weighted by molar-refractivity contribution is 5.11. The summed E-state index contributed by atoms with van der Waals surface area (Å²) in [6.07, 6.45) is 2.38. The van der Waals surface area contributed by atoms with Gasteiger partial charge in [0.25, 0.3) is 0 Å². The fourth-order valence-electron chi connectivity index (χ4n) is 0.787. The summed E-state index contributed by atoms with van der Waals surface area (Å²) < 4.78 is 5.19. The molecule has 0 saturated carbocycles. The first-order chi connectivity index (χ1) is 5.22. The molecule has 66 valence electrons. The van der Waals surface area contributed by atoms with Gasteiger partial charge in [-0.3, -0.25) is 0 Å². The van der Waals surface area contributed by atoms with E-state index in [1.807, 2.05) is 0 Å². The molecule has 1 aliphatic heterocycles. The summed E-state index contributed by atoms with van der Waals surface area (Å²) in [6.45, 7) is 10.3. The molecule has 1 rings (SSSR count). The summed E-state index contributed by atoms with van der Waals surface area (Å²) in [4.78, 5) is 0. The fraction of sp³-hybridized carbons (Fsp3) is 0.800. The van der Waals surface area contributed by atoms with Gasteiger partial charge < -0.3 is 4.74 Å². The zero-order valence-corrected chi connectivity index (χ0v) is 8.24. The largest absolute Gasteiger partial charge is 0.377 e. The van der Waals surface area contributed by atoms with Crippen molar-refractivity contribution in [2.75, 3.05) is 13.2 Å². The highest BCUT2D eigenvalue weighted by Gasteiger charge is 2.02. The Balaban J connectivity index is 0.000000292. The van der Waals surface area contributed by atoms with Crippen molar-refractivity contribution >= 4 is 0 Å². The highest BCUT2D eigenvalue weighted by Crippen LogP contribution is 2.12. The monoisotopic (exact) mass is 156 g/mol. The van der Waals surface area contributed by atoms with Crippen molar-refractivity contribution in [3.05, 3.63) is 11.1 Å². The zero-order chi connectivity index (χ0) is 8.69. The maximum Gasteiger partial charge on any atom is 0.0676 e. The molecule has 0 saturated heterocycles. The maximum atomic E-state index is 5.19. The van der Waals surface area contributed by atoms with Crippen molar-refractivity contribution in [1.29, 1.82) is 0 Å². The van der Waals surface area contributed by atoms with Gasteiger partial charge in [0.1, 0.15) is 0 Å². The van der Waals surface area contributed by atoms with Crippen LogP contribution in [0.5, 0.6) is 0 Å². The molecule has 0 bridgehead atoms. The van der Waals surface area contributed by atoms with Crippen LogP contribution in [-0.4, -0.2) is 13.2 Å². The van der Waals surface area contributed by atoms with E-state index in [4.69, 9.17) is 4.74 Å². The lowest BCUT2D eigenvalue weighted by molar-refractivity contribution is 0.146. The lowest BCUT2D eigenvalue weighted by Crippen LogP contribution is -2.06. The minimum atomic E-state index is 0.853. The Bertz CT molecular complexity index is 111. The molecule has 0 aromatic heterocycles. The summed E-state index contributed by atoms with van der Waals surface area (Å²) in [6, 6.07) is 0. The zero-order valence-electron chi connectivity index (χ0n) is 8.24. The molecule has 0 amide bonds. The Morgan fingerprint density at radius 3 is 2.00 bits per heavy atom. The second-order valence-corrected chi connectivity index (χ2v) is 3.07. The maximum absolute atomic E-state index is 5.19. The Morgan fingerprint density at radius 1 is 1.18 bits per heavy atom. The smallest absolute Gasteiger partial charge is 0.0676 e. The first kappa shape index (κ1) is 10.7. The first-order valence-corrected chi connectivity index (χ1v) is 4.45. The Labute approximate surface area is 70.4 Å². The van der Waals surface area contributed by atoms with E-state index in [9.17, 15) is 0 Å². The van der Waals surface area contributed by atoms with Crippen molar-refractivity contribution in [2.24, 2.45) is 0 Å². The van der Waals surface area contributed by atoms with E-state index in [0.717, 1.165) is 19.6 Å². The Kier molecular flexibility index (Phi) is 6.24. The van der Waals surface area contributed by atoms with Gasteiger partial charge in [-0.2, -0.15) is 0 Å². The van der Waals surface area contributed by atoms with E-state index >= 15 is 0 Å². The van der Waals surface area contributed by atoms with Gasteiger partial charge in [-0.15, -0.1) is 0 Å². The lowest BCUT2D eigenvalue weighted by Gasteiger charge is -2.13. The Hall–Kier alpha value is -0.300. The number of rotatable bonds is 0. The quantitative estimate of drug-likeness (QED) is 0.489. The van der Waals surface area contributed by atoms with Crippen LogP contribution < -0.4 is 0 Å². The van der Waals surface area contributed by atoms with E-state index in [1.165, 1.54) is 17.6 Å². The molecule has 0 aromatic rings. The van der Waals surface area contributed by atoms with Crippen LogP contribution in [0.4, 0.5) is 0 Å². The molecule has 0 radical (unpaired) electrons. The van der Waals surface area contributed by atoms with Crippen LogP contribution in [0.15, 0.2) is 11.1 Å². The van der Waals surface area contributed by atoms with Gasteiger partial charge >= 0.3 is 0 Å². The molecule has 0 fully saturated rings. The summed E-state index contributed by atoms with van der Waals surface area (Å²) in [7, 11) is 0. The molecule has 0 aromatic carbocycles. The molecular formula is C10H20O. The SMILES string of the molecule is CC1=C(C)COCC1.CCC. The Morgan fingerprint density at radius 2 is 1.73 bits per heavy atom. The van der Waals surface area contributed by atoms with Crippen LogP contribution in [0.25, 0.3) is 0 Å². The van der Waals surface area contributed by atoms with E-state index in [-0.39, 0.29) is 0 Å². The molecule has 1 heteroatoms. The van der Waals surface area contributed by atoms with Gasteiger partial charge in [-0.1, -0.05) is 25.8 Å². The van der Waals surface area contributed by atoms with Crippen LogP contribution in [-0.2, 0) is 4.74 Å². The standard InChI is InChI=1S/C7H12O.C3H8/c1-6-3-4-8-5-7(6)2;1-3-2/h3-5H2,1-2H3;3H2,1-2H3. The third-order valence-electron chi connectivity index (χ3n) is 1.67. The average Bonchev–Trinajstić information content (AvgIpc) is 1.97. The summed E-state index contributed by atoms with van der Waals surface area (Å²) in [5, 5.41) is 0. The number of hydrogen-bond donors (Lipinski definition) is 0. The van der Waals surface area contributed by atoms with Crippen LogP contribution in [0, 0.1) is 0 Å². The van der Waals surface area contributed by atoms with E-state index in [2.05, 4.69) is 27.7 Å². The van der Waals surface area contributed by atoms with Gasteiger partial charge in [0.2, 0.25) is 0 Å².